The third-order valence-corrected chi connectivity index (χ3v) is 5.64. The van der Waals surface area contributed by atoms with Crippen molar-refractivity contribution in [1.82, 2.24) is 25.2 Å². The van der Waals surface area contributed by atoms with Crippen molar-refractivity contribution < 1.29 is 9.18 Å². The van der Waals surface area contributed by atoms with E-state index in [4.69, 9.17) is 0 Å². The number of carbonyl (C=O) groups excluding carboxylic acids is 1. The smallest absolute Gasteiger partial charge is 0.273 e. The third kappa shape index (κ3) is 4.91. The summed E-state index contributed by atoms with van der Waals surface area (Å²) in [7, 11) is 0. The van der Waals surface area contributed by atoms with Crippen molar-refractivity contribution in [1.29, 1.82) is 0 Å². The summed E-state index contributed by atoms with van der Waals surface area (Å²) in [6, 6.07) is 14.8. The molecule has 7 heteroatoms. The Balaban J connectivity index is 1.23. The van der Waals surface area contributed by atoms with Gasteiger partial charge in [0.05, 0.1) is 12.7 Å². The summed E-state index contributed by atoms with van der Waals surface area (Å²) in [6.07, 6.45) is 2.76. The molecule has 3 aromatic rings. The first-order valence-electron chi connectivity index (χ1n) is 10.3. The number of likely N-dealkylation sites (tertiary alicyclic amines) is 1. The summed E-state index contributed by atoms with van der Waals surface area (Å²) in [5, 5.41) is 10.9. The maximum Gasteiger partial charge on any atom is 0.273 e. The van der Waals surface area contributed by atoms with Crippen LogP contribution in [0.2, 0.25) is 0 Å². The number of benzene rings is 2. The molecule has 4 rings (SSSR count). The van der Waals surface area contributed by atoms with E-state index >= 15 is 0 Å². The standard InChI is InChI=1S/C23H26FN5O/c1-17-4-2-3-5-21(17)19-10-12-28(15-19)13-11-25-23(30)22-16-29(27-26-22)14-18-6-8-20(24)9-7-18/h2-9,16,19H,10-15H2,1H3,(H,25,30)/t19-/m0/s1. The normalized spacial score (nSPS) is 16.7. The van der Waals surface area contributed by atoms with E-state index in [-0.39, 0.29) is 17.4 Å². The van der Waals surface area contributed by atoms with Gasteiger partial charge in [0, 0.05) is 19.6 Å². The van der Waals surface area contributed by atoms with Crippen LogP contribution in [0.15, 0.2) is 54.7 Å². The van der Waals surface area contributed by atoms with Crippen molar-refractivity contribution >= 4 is 5.91 Å². The topological polar surface area (TPSA) is 63.1 Å². The highest BCUT2D eigenvalue weighted by atomic mass is 19.1. The lowest BCUT2D eigenvalue weighted by Gasteiger charge is -2.17. The second-order valence-electron chi connectivity index (χ2n) is 7.83. The molecule has 1 saturated heterocycles. The van der Waals surface area contributed by atoms with E-state index in [1.807, 2.05) is 0 Å². The highest BCUT2D eigenvalue weighted by Gasteiger charge is 2.24. The fourth-order valence-electron chi connectivity index (χ4n) is 4.01. The molecule has 0 aliphatic carbocycles. The van der Waals surface area contributed by atoms with Gasteiger partial charge in [-0.3, -0.25) is 4.79 Å². The Hall–Kier alpha value is -3.06. The summed E-state index contributed by atoms with van der Waals surface area (Å²) >= 11 is 0. The quantitative estimate of drug-likeness (QED) is 0.654. The van der Waals surface area contributed by atoms with E-state index in [2.05, 4.69) is 51.7 Å². The van der Waals surface area contributed by atoms with E-state index in [9.17, 15) is 9.18 Å². The number of rotatable bonds is 7. The van der Waals surface area contributed by atoms with Gasteiger partial charge in [0.15, 0.2) is 5.69 Å². The summed E-state index contributed by atoms with van der Waals surface area (Å²) < 4.78 is 14.6. The van der Waals surface area contributed by atoms with Gasteiger partial charge in [0.25, 0.3) is 5.91 Å². The fourth-order valence-corrected chi connectivity index (χ4v) is 4.01. The average Bonchev–Trinajstić information content (AvgIpc) is 3.40. The van der Waals surface area contributed by atoms with Gasteiger partial charge >= 0.3 is 0 Å². The lowest BCUT2D eigenvalue weighted by atomic mass is 9.94. The minimum absolute atomic E-state index is 0.227. The molecule has 156 valence electrons. The number of hydrogen-bond acceptors (Lipinski definition) is 4. The molecule has 0 unspecified atom stereocenters. The van der Waals surface area contributed by atoms with Gasteiger partial charge in [-0.2, -0.15) is 0 Å². The Morgan fingerprint density at radius 1 is 1.20 bits per heavy atom. The molecule has 0 radical (unpaired) electrons. The molecule has 0 bridgehead atoms. The molecular weight excluding hydrogens is 381 g/mol. The van der Waals surface area contributed by atoms with Gasteiger partial charge < -0.3 is 10.2 Å². The molecule has 30 heavy (non-hydrogen) atoms. The highest BCUT2D eigenvalue weighted by molar-refractivity contribution is 5.91. The predicted octanol–water partition coefficient (Wildman–Crippen LogP) is 2.99. The molecule has 1 aliphatic rings. The number of aryl methyl sites for hydroxylation is 1. The number of amides is 1. The van der Waals surface area contributed by atoms with E-state index in [1.165, 1.54) is 23.3 Å². The molecule has 2 heterocycles. The van der Waals surface area contributed by atoms with Crippen LogP contribution in [0.3, 0.4) is 0 Å². The van der Waals surface area contributed by atoms with Crippen molar-refractivity contribution in [2.75, 3.05) is 26.2 Å². The average molecular weight is 407 g/mol. The first kappa shape index (κ1) is 20.2. The zero-order valence-electron chi connectivity index (χ0n) is 17.1. The Bertz CT molecular complexity index is 1000. The van der Waals surface area contributed by atoms with Crippen LogP contribution < -0.4 is 5.32 Å². The van der Waals surface area contributed by atoms with Crippen LogP contribution in [0.1, 0.15) is 39.5 Å². The van der Waals surface area contributed by atoms with Crippen molar-refractivity contribution in [3.8, 4) is 0 Å². The second-order valence-corrected chi connectivity index (χ2v) is 7.83. The van der Waals surface area contributed by atoms with Crippen LogP contribution in [0.4, 0.5) is 4.39 Å². The SMILES string of the molecule is Cc1ccccc1[C@H]1CCN(CCNC(=O)c2cn(Cc3ccc(F)cc3)nn2)C1. The van der Waals surface area contributed by atoms with Gasteiger partial charge in [-0.25, -0.2) is 9.07 Å². The largest absolute Gasteiger partial charge is 0.349 e. The number of hydrogen-bond donors (Lipinski definition) is 1. The molecule has 1 aromatic heterocycles. The van der Waals surface area contributed by atoms with E-state index < -0.39 is 0 Å². The van der Waals surface area contributed by atoms with E-state index in [1.54, 1.807) is 23.0 Å². The minimum atomic E-state index is -0.277. The van der Waals surface area contributed by atoms with Crippen molar-refractivity contribution in [2.45, 2.75) is 25.8 Å². The van der Waals surface area contributed by atoms with Gasteiger partial charge in [-0.15, -0.1) is 5.10 Å². The summed E-state index contributed by atoms with van der Waals surface area (Å²) in [5.41, 5.74) is 3.96. The maximum absolute atomic E-state index is 13.0. The van der Waals surface area contributed by atoms with Gasteiger partial charge in [0.2, 0.25) is 0 Å². The van der Waals surface area contributed by atoms with Crippen LogP contribution in [0.5, 0.6) is 0 Å². The van der Waals surface area contributed by atoms with Crippen LogP contribution in [0.25, 0.3) is 0 Å². The lowest BCUT2D eigenvalue weighted by Crippen LogP contribution is -2.34. The summed E-state index contributed by atoms with van der Waals surface area (Å²) in [5.74, 6) is 0.0592. The number of nitrogens with one attached hydrogen (secondary N) is 1. The minimum Gasteiger partial charge on any atom is -0.349 e. The number of nitrogens with zero attached hydrogens (tertiary/aromatic N) is 4. The number of aromatic nitrogens is 3. The zero-order valence-corrected chi connectivity index (χ0v) is 17.1. The van der Waals surface area contributed by atoms with E-state index in [0.717, 1.165) is 31.6 Å². The van der Waals surface area contributed by atoms with Gasteiger partial charge in [0.1, 0.15) is 5.82 Å². The number of carbonyl (C=O) groups is 1. The van der Waals surface area contributed by atoms with Crippen molar-refractivity contribution in [2.24, 2.45) is 0 Å². The van der Waals surface area contributed by atoms with Gasteiger partial charge in [-0.1, -0.05) is 41.6 Å². The number of halogens is 1. The van der Waals surface area contributed by atoms with E-state index in [0.29, 0.717) is 19.0 Å². The fraction of sp³-hybridized carbons (Fsp3) is 0.348. The molecule has 0 spiro atoms. The highest BCUT2D eigenvalue weighted by Crippen LogP contribution is 2.28. The third-order valence-electron chi connectivity index (χ3n) is 5.64. The van der Waals surface area contributed by atoms with Crippen LogP contribution >= 0.6 is 0 Å². The van der Waals surface area contributed by atoms with Crippen LogP contribution in [0, 0.1) is 12.7 Å². The first-order chi connectivity index (χ1) is 14.6. The molecule has 2 aromatic carbocycles. The maximum atomic E-state index is 13.0. The second kappa shape index (κ2) is 9.17. The molecule has 1 aliphatic heterocycles. The van der Waals surface area contributed by atoms with Crippen molar-refractivity contribution in [3.63, 3.8) is 0 Å². The van der Waals surface area contributed by atoms with Crippen LogP contribution in [-0.4, -0.2) is 52.0 Å². The monoisotopic (exact) mass is 407 g/mol. The Kier molecular flexibility index (Phi) is 6.18. The van der Waals surface area contributed by atoms with Crippen molar-refractivity contribution in [3.05, 3.63) is 82.9 Å². The van der Waals surface area contributed by atoms with Crippen LogP contribution in [-0.2, 0) is 6.54 Å². The molecular formula is C23H26FN5O. The molecule has 0 saturated carbocycles. The molecule has 1 atom stereocenters. The molecule has 6 nitrogen and oxygen atoms in total. The summed E-state index contributed by atoms with van der Waals surface area (Å²) in [4.78, 5) is 14.8. The Labute approximate surface area is 175 Å². The summed E-state index contributed by atoms with van der Waals surface area (Å²) in [6.45, 7) is 6.06. The molecule has 1 amide bonds. The zero-order chi connectivity index (χ0) is 20.9. The lowest BCUT2D eigenvalue weighted by molar-refractivity contribution is 0.0944. The Morgan fingerprint density at radius 2 is 2.00 bits per heavy atom. The first-order valence-corrected chi connectivity index (χ1v) is 10.3. The Morgan fingerprint density at radius 3 is 2.80 bits per heavy atom. The molecule has 1 fully saturated rings. The predicted molar refractivity (Wildman–Crippen MR) is 113 cm³/mol. The molecule has 1 N–H and O–H groups in total. The van der Waals surface area contributed by atoms with Gasteiger partial charge in [-0.05, 0) is 54.6 Å².